The quantitative estimate of drug-likeness (QED) is 0.402. The molecule has 0 aromatic heterocycles. The van der Waals surface area contributed by atoms with E-state index in [0.29, 0.717) is 11.5 Å². The van der Waals surface area contributed by atoms with Gasteiger partial charge in [0.2, 0.25) is 0 Å². The van der Waals surface area contributed by atoms with E-state index < -0.39 is 65.5 Å². The summed E-state index contributed by atoms with van der Waals surface area (Å²) in [4.78, 5) is 27.6. The molecule has 0 aliphatic carbocycles. The summed E-state index contributed by atoms with van der Waals surface area (Å²) in [5.74, 6) is -2.33. The van der Waals surface area contributed by atoms with Crippen molar-refractivity contribution in [3.8, 4) is 5.75 Å². The second kappa shape index (κ2) is 9.15. The highest BCUT2D eigenvalue weighted by atomic mass is 19.4. The fourth-order valence-corrected chi connectivity index (χ4v) is 3.52. The van der Waals surface area contributed by atoms with E-state index in [0.717, 1.165) is 29.2 Å². The molecule has 4 rings (SSSR count). The van der Waals surface area contributed by atoms with Crippen LogP contribution in [-0.4, -0.2) is 56.3 Å². The number of urea groups is 1. The molecule has 7 nitrogen and oxygen atoms in total. The molecule has 14 heteroatoms. The molecule has 2 saturated heterocycles. The maximum absolute atomic E-state index is 14.0. The molecule has 0 radical (unpaired) electrons. The van der Waals surface area contributed by atoms with Crippen molar-refractivity contribution in [1.82, 2.24) is 4.90 Å². The monoisotopic (exact) mass is 524 g/mol. The van der Waals surface area contributed by atoms with Crippen molar-refractivity contribution < 1.29 is 53.9 Å². The molecule has 2 fully saturated rings. The first kappa shape index (κ1) is 21.7. The first-order chi connectivity index (χ1) is 18.0. The number of ether oxygens (including phenoxy) is 2. The number of anilines is 2. The molecule has 2 aromatic rings. The number of epoxide rings is 1. The molecule has 0 unspecified atom stereocenters. The van der Waals surface area contributed by atoms with E-state index in [4.69, 9.17) is 13.6 Å². The second-order valence-corrected chi connectivity index (χ2v) is 7.88. The molecule has 36 heavy (non-hydrogen) atoms. The highest BCUT2D eigenvalue weighted by molar-refractivity contribution is 5.97. The molecule has 0 saturated carbocycles. The van der Waals surface area contributed by atoms with Gasteiger partial charge in [0.1, 0.15) is 11.4 Å². The molecule has 3 amide bonds. The lowest BCUT2D eigenvalue weighted by atomic mass is 10.1. The average Bonchev–Trinajstić information content (AvgIpc) is 3.55. The lowest BCUT2D eigenvalue weighted by Crippen LogP contribution is -2.35. The Morgan fingerprint density at radius 2 is 1.81 bits per heavy atom. The maximum atomic E-state index is 14.0. The molecule has 194 valence electrons. The molecule has 2 heterocycles. The van der Waals surface area contributed by atoms with Gasteiger partial charge in [0.05, 0.1) is 30.5 Å². The normalized spacial score (nSPS) is 19.6. The number of nitrogens with zero attached hydrogens (tertiary/aromatic N) is 3. The second-order valence-electron chi connectivity index (χ2n) is 7.88. The van der Waals surface area contributed by atoms with Crippen LogP contribution in [0.5, 0.6) is 5.75 Å². The summed E-state index contributed by atoms with van der Waals surface area (Å²) in [5, 5.41) is 0. The topological polar surface area (TPSA) is 65.6 Å². The molecule has 0 bridgehead atoms. The summed E-state index contributed by atoms with van der Waals surface area (Å²) in [6.07, 6.45) is -13.1. The fourth-order valence-electron chi connectivity index (χ4n) is 3.52. The summed E-state index contributed by atoms with van der Waals surface area (Å²) in [6, 6.07) is 2.15. The van der Waals surface area contributed by atoms with Crippen LogP contribution in [0, 0.1) is 5.82 Å². The van der Waals surface area contributed by atoms with Crippen LogP contribution < -0.4 is 14.5 Å². The van der Waals surface area contributed by atoms with Gasteiger partial charge in [-0.2, -0.15) is 26.3 Å². The maximum Gasteiger partial charge on any atom is 0.420 e. The van der Waals surface area contributed by atoms with Crippen LogP contribution >= 0.6 is 0 Å². The fraction of sp³-hybridized carbons (Fsp3) is 0.364. The van der Waals surface area contributed by atoms with Crippen LogP contribution in [0.4, 0.5) is 51.7 Å². The van der Waals surface area contributed by atoms with Gasteiger partial charge in [0.25, 0.3) is 0 Å². The Bertz CT molecular complexity index is 1270. The Morgan fingerprint density at radius 1 is 1.14 bits per heavy atom. The van der Waals surface area contributed by atoms with E-state index >= 15 is 0 Å². The first-order valence-corrected chi connectivity index (χ1v) is 10.2. The summed E-state index contributed by atoms with van der Waals surface area (Å²) in [7, 11) is 0. The Balaban J connectivity index is 1.83. The van der Waals surface area contributed by atoms with E-state index in [1.165, 1.54) is 0 Å². The minimum atomic E-state index is -5.53. The summed E-state index contributed by atoms with van der Waals surface area (Å²) >= 11 is 0. The van der Waals surface area contributed by atoms with Crippen molar-refractivity contribution in [2.24, 2.45) is 0 Å². The Hall–Kier alpha value is -3.55. The largest absolute Gasteiger partial charge is 0.420 e. The molecule has 2 aliphatic heterocycles. The lowest BCUT2D eigenvalue weighted by molar-refractivity contribution is -0.143. The third-order valence-corrected chi connectivity index (χ3v) is 5.37. The zero-order chi connectivity index (χ0) is 28.9. The third kappa shape index (κ3) is 5.32. The third-order valence-electron chi connectivity index (χ3n) is 5.37. The molecular formula is C22H18F7N3O4. The van der Waals surface area contributed by atoms with E-state index in [1.54, 1.807) is 0 Å². The number of alkyl halides is 6. The minimum absolute atomic E-state index is 0.0347. The van der Waals surface area contributed by atoms with E-state index in [-0.39, 0.29) is 42.8 Å². The smallest absolute Gasteiger partial charge is 0.407 e. The molecule has 1 atom stereocenters. The molecule has 2 aliphatic rings. The van der Waals surface area contributed by atoms with Crippen molar-refractivity contribution in [2.75, 3.05) is 43.0 Å². The molecular weight excluding hydrogens is 503 g/mol. The van der Waals surface area contributed by atoms with Gasteiger partial charge in [0.15, 0.2) is 5.75 Å². The minimum Gasteiger partial charge on any atom is -0.407 e. The molecule has 0 spiro atoms. The van der Waals surface area contributed by atoms with E-state index in [9.17, 15) is 40.3 Å². The number of hydrogen-bond acceptors (Lipinski definition) is 4. The number of hydrogen-bond donors (Lipinski definition) is 0. The van der Waals surface area contributed by atoms with Crippen LogP contribution in [0.3, 0.4) is 0 Å². The zero-order valence-corrected chi connectivity index (χ0v) is 18.0. The number of halogens is 7. The Morgan fingerprint density at radius 3 is 2.36 bits per heavy atom. The number of benzene rings is 2. The van der Waals surface area contributed by atoms with Crippen molar-refractivity contribution in [3.63, 3.8) is 0 Å². The van der Waals surface area contributed by atoms with Crippen LogP contribution in [0.2, 0.25) is 0 Å². The summed E-state index contributed by atoms with van der Waals surface area (Å²) in [6.45, 7) is -3.46. The summed E-state index contributed by atoms with van der Waals surface area (Å²) in [5.41, 5.74) is -5.40. The van der Waals surface area contributed by atoms with Crippen LogP contribution in [-0.2, 0) is 17.1 Å². The SMILES string of the molecule is [2H]C([2H])([2H])N(C(=O)Oc1c(N2CCN(C[C@@H]3CO3)C2=O)cc(C(F)(F)F)cc1C(F)(F)F)c1ccc(F)cc1. The van der Waals surface area contributed by atoms with Crippen LogP contribution in [0.15, 0.2) is 36.4 Å². The predicted molar refractivity (Wildman–Crippen MR) is 111 cm³/mol. The van der Waals surface area contributed by atoms with Crippen molar-refractivity contribution >= 4 is 23.5 Å². The molecule has 2 aromatic carbocycles. The number of amides is 3. The van der Waals surface area contributed by atoms with E-state index in [2.05, 4.69) is 0 Å². The predicted octanol–water partition coefficient (Wildman–Crippen LogP) is 5.14. The van der Waals surface area contributed by atoms with E-state index in [1.807, 2.05) is 0 Å². The summed E-state index contributed by atoms with van der Waals surface area (Å²) < 4.78 is 129. The number of carbonyl (C=O) groups excluding carboxylic acids is 2. The van der Waals surface area contributed by atoms with Crippen molar-refractivity contribution in [1.29, 1.82) is 0 Å². The lowest BCUT2D eigenvalue weighted by Gasteiger charge is -2.26. The average molecular weight is 524 g/mol. The number of rotatable bonds is 5. The van der Waals surface area contributed by atoms with Crippen molar-refractivity contribution in [3.05, 3.63) is 53.3 Å². The van der Waals surface area contributed by atoms with Gasteiger partial charge in [-0.05, 0) is 36.4 Å². The van der Waals surface area contributed by atoms with Gasteiger partial charge in [-0.1, -0.05) is 0 Å². The zero-order valence-electron chi connectivity index (χ0n) is 21.0. The highest BCUT2D eigenvalue weighted by Gasteiger charge is 2.44. The van der Waals surface area contributed by atoms with Crippen molar-refractivity contribution in [2.45, 2.75) is 18.5 Å². The number of carbonyl (C=O) groups is 2. The van der Waals surface area contributed by atoms with Crippen LogP contribution in [0.1, 0.15) is 15.2 Å². The van der Waals surface area contributed by atoms with Gasteiger partial charge in [0, 0.05) is 29.9 Å². The van der Waals surface area contributed by atoms with Gasteiger partial charge >= 0.3 is 24.5 Å². The van der Waals surface area contributed by atoms with Crippen LogP contribution in [0.25, 0.3) is 0 Å². The van der Waals surface area contributed by atoms with Gasteiger partial charge in [-0.3, -0.25) is 9.80 Å². The Kier molecular flexibility index (Phi) is 5.52. The first-order valence-electron chi connectivity index (χ1n) is 11.7. The van der Waals surface area contributed by atoms with Gasteiger partial charge < -0.3 is 14.4 Å². The highest BCUT2D eigenvalue weighted by Crippen LogP contribution is 2.47. The van der Waals surface area contributed by atoms with Gasteiger partial charge in [-0.15, -0.1) is 0 Å². The Labute approximate surface area is 203 Å². The standard InChI is InChI=1S/C22H18F7N3O4/c1-30(14-4-2-13(23)3-5-14)20(34)36-18-16(22(27,28)29)8-12(21(24,25)26)9-17(18)32-7-6-31(19(32)33)10-15-11-35-15/h2-5,8-9,15H,6-7,10-11H2,1H3/t15-/m1/s1/i1D3. The van der Waals surface area contributed by atoms with Gasteiger partial charge in [-0.25, -0.2) is 14.0 Å². The molecule has 0 N–H and O–H groups in total.